The summed E-state index contributed by atoms with van der Waals surface area (Å²) in [7, 11) is 0. The Labute approximate surface area is 89.1 Å². The van der Waals surface area contributed by atoms with E-state index in [1.54, 1.807) is 0 Å². The Bertz CT molecular complexity index is 410. The maximum Gasteiger partial charge on any atom is 0.460 e. The van der Waals surface area contributed by atoms with Crippen LogP contribution in [0.5, 0.6) is 0 Å². The zero-order chi connectivity index (χ0) is 13.5. The van der Waals surface area contributed by atoms with E-state index in [-0.39, 0.29) is 12.3 Å². The standard InChI is InChI=1S/C8H2F8N/c9-5-1-4(2-17-3-5)6(10,11)7(12,13)8(14,15)16/h1-2H. The van der Waals surface area contributed by atoms with Crippen LogP contribution in [0.25, 0.3) is 0 Å². The molecule has 1 aromatic rings. The van der Waals surface area contributed by atoms with Gasteiger partial charge in [0.25, 0.3) is 0 Å². The fourth-order valence-corrected chi connectivity index (χ4v) is 0.901. The van der Waals surface area contributed by atoms with Gasteiger partial charge in [0.05, 0.1) is 0 Å². The molecule has 0 aliphatic carbocycles. The first-order chi connectivity index (χ1) is 7.50. The summed E-state index contributed by atoms with van der Waals surface area (Å²) in [6, 6.07) is -0.188. The molecule has 0 bridgehead atoms. The molecule has 0 N–H and O–H groups in total. The normalized spacial score (nSPS) is 13.9. The number of nitrogens with zero attached hydrogens (tertiary/aromatic N) is 1. The first kappa shape index (κ1) is 13.7. The largest absolute Gasteiger partial charge is 0.460 e. The predicted octanol–water partition coefficient (Wildman–Crippen LogP) is 3.31. The monoisotopic (exact) mass is 264 g/mol. The minimum absolute atomic E-state index is 0.0112. The Kier molecular flexibility index (Phi) is 3.06. The number of hydrogen-bond acceptors (Lipinski definition) is 1. The first-order valence-corrected chi connectivity index (χ1v) is 3.86. The van der Waals surface area contributed by atoms with Crippen molar-refractivity contribution in [3.8, 4) is 0 Å². The molecule has 0 saturated heterocycles. The first-order valence-electron chi connectivity index (χ1n) is 3.86. The topological polar surface area (TPSA) is 12.9 Å². The van der Waals surface area contributed by atoms with E-state index in [1.165, 1.54) is 6.20 Å². The van der Waals surface area contributed by atoms with Crippen LogP contribution in [-0.4, -0.2) is 17.1 Å². The Balaban J connectivity index is 3.28. The lowest BCUT2D eigenvalue weighted by atomic mass is 10.0. The van der Waals surface area contributed by atoms with Gasteiger partial charge in [-0.15, -0.1) is 0 Å². The van der Waals surface area contributed by atoms with E-state index in [0.29, 0.717) is 0 Å². The van der Waals surface area contributed by atoms with Crippen molar-refractivity contribution >= 4 is 0 Å². The van der Waals surface area contributed by atoms with Gasteiger partial charge in [-0.05, 0) is 6.07 Å². The predicted molar refractivity (Wildman–Crippen MR) is 37.9 cm³/mol. The van der Waals surface area contributed by atoms with Crippen molar-refractivity contribution in [3.63, 3.8) is 0 Å². The summed E-state index contributed by atoms with van der Waals surface area (Å²) in [4.78, 5) is 2.67. The third-order valence-electron chi connectivity index (χ3n) is 1.77. The molecular formula is C8H2F8N. The number of alkyl halides is 7. The lowest BCUT2D eigenvalue weighted by Crippen LogP contribution is -2.50. The molecule has 1 nitrogen and oxygen atoms in total. The van der Waals surface area contributed by atoms with Gasteiger partial charge >= 0.3 is 18.0 Å². The lowest BCUT2D eigenvalue weighted by molar-refractivity contribution is -0.359. The van der Waals surface area contributed by atoms with Crippen molar-refractivity contribution in [2.75, 3.05) is 0 Å². The highest BCUT2D eigenvalue weighted by Gasteiger charge is 2.73. The summed E-state index contributed by atoms with van der Waals surface area (Å²) in [5.41, 5.74) is -1.88. The average molecular weight is 264 g/mol. The van der Waals surface area contributed by atoms with E-state index in [1.807, 2.05) is 0 Å². The second-order valence-corrected chi connectivity index (χ2v) is 2.96. The van der Waals surface area contributed by atoms with Gasteiger partial charge in [0, 0.05) is 11.8 Å². The van der Waals surface area contributed by atoms with Crippen molar-refractivity contribution in [2.45, 2.75) is 18.0 Å². The van der Waals surface area contributed by atoms with Crippen LogP contribution in [0, 0.1) is 12.0 Å². The van der Waals surface area contributed by atoms with Crippen molar-refractivity contribution in [1.29, 1.82) is 0 Å². The number of halogens is 8. The summed E-state index contributed by atoms with van der Waals surface area (Å²) in [5, 5.41) is 0. The molecule has 0 fully saturated rings. The minimum atomic E-state index is -6.47. The van der Waals surface area contributed by atoms with Gasteiger partial charge in [0.2, 0.25) is 0 Å². The molecule has 1 rings (SSSR count). The highest BCUT2D eigenvalue weighted by atomic mass is 19.4. The fraction of sp³-hybridized carbons (Fsp3) is 0.375. The molecule has 0 amide bonds. The second kappa shape index (κ2) is 3.81. The third-order valence-corrected chi connectivity index (χ3v) is 1.77. The Morgan fingerprint density at radius 3 is 1.94 bits per heavy atom. The zero-order valence-corrected chi connectivity index (χ0v) is 7.63. The second-order valence-electron chi connectivity index (χ2n) is 2.96. The molecule has 0 aliphatic heterocycles. The van der Waals surface area contributed by atoms with Crippen LogP contribution in [0.1, 0.15) is 5.56 Å². The number of hydrogen-bond donors (Lipinski definition) is 0. The molecular weight excluding hydrogens is 262 g/mol. The third kappa shape index (κ3) is 2.18. The molecule has 9 heteroatoms. The molecule has 0 aliphatic rings. The molecule has 0 aromatic carbocycles. The quantitative estimate of drug-likeness (QED) is 0.747. The van der Waals surface area contributed by atoms with E-state index in [0.717, 1.165) is 0 Å². The number of pyridine rings is 1. The van der Waals surface area contributed by atoms with Crippen molar-refractivity contribution in [1.82, 2.24) is 4.98 Å². The fourth-order valence-electron chi connectivity index (χ4n) is 0.901. The Morgan fingerprint density at radius 2 is 1.53 bits per heavy atom. The van der Waals surface area contributed by atoms with E-state index >= 15 is 0 Å². The molecule has 1 aromatic heterocycles. The summed E-state index contributed by atoms with van der Waals surface area (Å²) in [5.74, 6) is -13.5. The highest BCUT2D eigenvalue weighted by molar-refractivity contribution is 5.20. The SMILES string of the molecule is Fc1[c]ncc(C(F)(F)C(F)(F)C(F)(F)F)c1. The van der Waals surface area contributed by atoms with Crippen molar-refractivity contribution in [2.24, 2.45) is 0 Å². The van der Waals surface area contributed by atoms with Crippen LogP contribution in [0.3, 0.4) is 0 Å². The molecule has 0 unspecified atom stereocenters. The van der Waals surface area contributed by atoms with Crippen LogP contribution in [0.15, 0.2) is 12.3 Å². The lowest BCUT2D eigenvalue weighted by Gasteiger charge is -2.28. The molecule has 95 valence electrons. The maximum atomic E-state index is 12.9. The van der Waals surface area contributed by atoms with Gasteiger partial charge in [-0.25, -0.2) is 4.39 Å². The van der Waals surface area contributed by atoms with E-state index < -0.39 is 29.4 Å². The number of aromatic nitrogens is 1. The molecule has 0 atom stereocenters. The summed E-state index contributed by atoms with van der Waals surface area (Å²) in [6.07, 6.45) is -5.02. The van der Waals surface area contributed by atoms with Crippen LogP contribution in [0.2, 0.25) is 0 Å². The Hall–Kier alpha value is -1.41. The summed E-state index contributed by atoms with van der Waals surface area (Å²) < 4.78 is 98.5. The van der Waals surface area contributed by atoms with Gasteiger partial charge in [-0.3, -0.25) is 4.98 Å². The number of rotatable bonds is 2. The molecule has 17 heavy (non-hydrogen) atoms. The molecule has 0 spiro atoms. The highest BCUT2D eigenvalue weighted by Crippen LogP contribution is 2.51. The van der Waals surface area contributed by atoms with Gasteiger partial charge < -0.3 is 0 Å². The van der Waals surface area contributed by atoms with Crippen LogP contribution in [-0.2, 0) is 5.92 Å². The van der Waals surface area contributed by atoms with Crippen LogP contribution < -0.4 is 0 Å². The van der Waals surface area contributed by atoms with Gasteiger partial charge in [-0.2, -0.15) is 30.7 Å². The van der Waals surface area contributed by atoms with Gasteiger partial charge in [0.1, 0.15) is 6.20 Å². The summed E-state index contributed by atoms with van der Waals surface area (Å²) in [6.45, 7) is 0. The Morgan fingerprint density at radius 1 is 1.00 bits per heavy atom. The van der Waals surface area contributed by atoms with E-state index in [2.05, 4.69) is 4.98 Å². The summed E-state index contributed by atoms with van der Waals surface area (Å²) >= 11 is 0. The zero-order valence-electron chi connectivity index (χ0n) is 7.63. The molecule has 0 saturated carbocycles. The van der Waals surface area contributed by atoms with Crippen LogP contribution >= 0.6 is 0 Å². The molecule has 1 heterocycles. The average Bonchev–Trinajstić information content (AvgIpc) is 2.15. The van der Waals surface area contributed by atoms with Gasteiger partial charge in [-0.1, -0.05) is 0 Å². The molecule has 1 radical (unpaired) electrons. The maximum absolute atomic E-state index is 12.9. The van der Waals surface area contributed by atoms with E-state index in [9.17, 15) is 35.1 Å². The van der Waals surface area contributed by atoms with E-state index in [4.69, 9.17) is 0 Å². The minimum Gasteiger partial charge on any atom is -0.251 e. The smallest absolute Gasteiger partial charge is 0.251 e. The van der Waals surface area contributed by atoms with Gasteiger partial charge in [0.15, 0.2) is 5.82 Å². The van der Waals surface area contributed by atoms with Crippen molar-refractivity contribution < 1.29 is 35.1 Å². The van der Waals surface area contributed by atoms with Crippen LogP contribution in [0.4, 0.5) is 35.1 Å². The van der Waals surface area contributed by atoms with Crippen molar-refractivity contribution in [3.05, 3.63) is 29.8 Å².